The van der Waals surface area contributed by atoms with Crippen LogP contribution >= 0.6 is 0 Å². The summed E-state index contributed by atoms with van der Waals surface area (Å²) in [4.78, 5) is 28.7. The Morgan fingerprint density at radius 1 is 1.15 bits per heavy atom. The first-order valence-electron chi connectivity index (χ1n) is 10.0. The van der Waals surface area contributed by atoms with Gasteiger partial charge in [0.2, 0.25) is 5.91 Å². The fourth-order valence-corrected chi connectivity index (χ4v) is 4.00. The van der Waals surface area contributed by atoms with Crippen molar-refractivity contribution in [3.05, 3.63) is 35.1 Å². The van der Waals surface area contributed by atoms with Crippen molar-refractivity contribution >= 4 is 11.8 Å². The van der Waals surface area contributed by atoms with Crippen LogP contribution in [-0.4, -0.2) is 60.4 Å². The molecule has 3 rings (SSSR count). The molecule has 1 aromatic carbocycles. The molecule has 1 heterocycles. The maximum absolute atomic E-state index is 13.7. The second-order valence-electron chi connectivity index (χ2n) is 7.97. The first kappa shape index (κ1) is 19.8. The van der Waals surface area contributed by atoms with E-state index in [1.54, 1.807) is 24.0 Å². The molecular formula is C21H30FN3O2. The summed E-state index contributed by atoms with van der Waals surface area (Å²) < 4.78 is 13.7. The van der Waals surface area contributed by atoms with Crippen molar-refractivity contribution in [1.29, 1.82) is 0 Å². The molecule has 148 valence electrons. The number of nitrogens with one attached hydrogen (secondary N) is 1. The molecule has 1 N–H and O–H groups in total. The van der Waals surface area contributed by atoms with Crippen LogP contribution in [0.15, 0.2) is 18.2 Å². The van der Waals surface area contributed by atoms with Crippen LogP contribution in [0.5, 0.6) is 0 Å². The van der Waals surface area contributed by atoms with Crippen molar-refractivity contribution < 1.29 is 14.0 Å². The first-order valence-corrected chi connectivity index (χ1v) is 10.0. The highest BCUT2D eigenvalue weighted by atomic mass is 19.1. The summed E-state index contributed by atoms with van der Waals surface area (Å²) in [5.74, 6) is 0.128. The molecule has 1 aromatic rings. The highest BCUT2D eigenvalue weighted by Gasteiger charge is 2.26. The second kappa shape index (κ2) is 8.83. The molecule has 2 atom stereocenters. The number of carbonyl (C=O) groups excluding carboxylic acids is 2. The number of carbonyl (C=O) groups is 2. The third kappa shape index (κ3) is 5.06. The van der Waals surface area contributed by atoms with Gasteiger partial charge in [-0.2, -0.15) is 0 Å². The van der Waals surface area contributed by atoms with Gasteiger partial charge < -0.3 is 10.2 Å². The fraction of sp³-hybridized carbons (Fsp3) is 0.619. The Morgan fingerprint density at radius 2 is 1.85 bits per heavy atom. The van der Waals surface area contributed by atoms with Crippen LogP contribution < -0.4 is 5.32 Å². The molecule has 0 aromatic heterocycles. The van der Waals surface area contributed by atoms with Crippen molar-refractivity contribution in [1.82, 2.24) is 15.1 Å². The zero-order valence-corrected chi connectivity index (χ0v) is 16.3. The standard InChI is InChI=1S/C21H30FN3O2/c1-15-7-8-17(13-18(15)22)21(27)25-11-9-24(10-12-25)14-20(26)23-19-6-4-3-5-16(19)2/h7-8,13,16,19H,3-6,9-12,14H2,1-2H3,(H,23,26). The van der Waals surface area contributed by atoms with Gasteiger partial charge in [-0.05, 0) is 43.4 Å². The zero-order chi connectivity index (χ0) is 19.4. The van der Waals surface area contributed by atoms with E-state index in [9.17, 15) is 14.0 Å². The molecule has 2 fully saturated rings. The van der Waals surface area contributed by atoms with Crippen LogP contribution in [-0.2, 0) is 4.79 Å². The Kier molecular flexibility index (Phi) is 6.47. The van der Waals surface area contributed by atoms with E-state index >= 15 is 0 Å². The number of rotatable bonds is 4. The van der Waals surface area contributed by atoms with E-state index in [0.29, 0.717) is 55.8 Å². The average Bonchev–Trinajstić information content (AvgIpc) is 2.66. The first-order chi connectivity index (χ1) is 12.9. The number of benzene rings is 1. The minimum atomic E-state index is -0.354. The Bertz CT molecular complexity index is 686. The number of aryl methyl sites for hydroxylation is 1. The molecule has 0 radical (unpaired) electrons. The van der Waals surface area contributed by atoms with Gasteiger partial charge in [-0.25, -0.2) is 4.39 Å². The summed E-state index contributed by atoms with van der Waals surface area (Å²) in [6, 6.07) is 4.91. The van der Waals surface area contributed by atoms with Gasteiger partial charge in [0, 0.05) is 37.8 Å². The van der Waals surface area contributed by atoms with Gasteiger partial charge in [-0.1, -0.05) is 25.8 Å². The molecule has 1 aliphatic carbocycles. The van der Waals surface area contributed by atoms with E-state index in [2.05, 4.69) is 17.1 Å². The van der Waals surface area contributed by atoms with Crippen LogP contribution in [0.25, 0.3) is 0 Å². The van der Waals surface area contributed by atoms with E-state index in [-0.39, 0.29) is 17.6 Å². The summed E-state index contributed by atoms with van der Waals surface area (Å²) in [5.41, 5.74) is 0.922. The number of nitrogens with zero attached hydrogens (tertiary/aromatic N) is 2. The second-order valence-corrected chi connectivity index (χ2v) is 7.97. The average molecular weight is 375 g/mol. The Balaban J connectivity index is 1.46. The molecule has 0 spiro atoms. The highest BCUT2D eigenvalue weighted by molar-refractivity contribution is 5.94. The Morgan fingerprint density at radius 3 is 2.52 bits per heavy atom. The molecule has 2 unspecified atom stereocenters. The highest BCUT2D eigenvalue weighted by Crippen LogP contribution is 2.23. The van der Waals surface area contributed by atoms with E-state index in [1.165, 1.54) is 25.3 Å². The molecule has 0 bridgehead atoms. The van der Waals surface area contributed by atoms with Crippen molar-refractivity contribution in [3.8, 4) is 0 Å². The van der Waals surface area contributed by atoms with E-state index < -0.39 is 0 Å². The maximum atomic E-state index is 13.7. The lowest BCUT2D eigenvalue weighted by Gasteiger charge is -2.35. The molecule has 2 amide bonds. The summed E-state index contributed by atoms with van der Waals surface area (Å²) in [6.07, 6.45) is 4.71. The number of amides is 2. The van der Waals surface area contributed by atoms with Crippen LogP contribution in [0, 0.1) is 18.7 Å². The molecule has 1 aliphatic heterocycles. The van der Waals surface area contributed by atoms with Crippen molar-refractivity contribution in [3.63, 3.8) is 0 Å². The lowest BCUT2D eigenvalue weighted by atomic mass is 9.86. The SMILES string of the molecule is Cc1ccc(C(=O)N2CCN(CC(=O)NC3CCCCC3C)CC2)cc1F. The van der Waals surface area contributed by atoms with Gasteiger partial charge >= 0.3 is 0 Å². The van der Waals surface area contributed by atoms with Gasteiger partial charge in [0.25, 0.3) is 5.91 Å². The predicted molar refractivity (Wildman–Crippen MR) is 103 cm³/mol. The van der Waals surface area contributed by atoms with Crippen LogP contribution in [0.2, 0.25) is 0 Å². The maximum Gasteiger partial charge on any atom is 0.254 e. The smallest absolute Gasteiger partial charge is 0.254 e. The summed E-state index contributed by atoms with van der Waals surface area (Å²) in [7, 11) is 0. The third-order valence-electron chi connectivity index (χ3n) is 5.90. The van der Waals surface area contributed by atoms with Gasteiger partial charge in [0.05, 0.1) is 6.54 Å². The molecular weight excluding hydrogens is 345 g/mol. The van der Waals surface area contributed by atoms with Gasteiger partial charge in [-0.15, -0.1) is 0 Å². The normalized spacial score (nSPS) is 23.9. The number of hydrogen-bond acceptors (Lipinski definition) is 3. The molecule has 6 heteroatoms. The predicted octanol–water partition coefficient (Wildman–Crippen LogP) is 2.59. The van der Waals surface area contributed by atoms with Crippen LogP contribution in [0.1, 0.15) is 48.5 Å². The summed E-state index contributed by atoms with van der Waals surface area (Å²) >= 11 is 0. The zero-order valence-electron chi connectivity index (χ0n) is 16.3. The Labute approximate surface area is 160 Å². The van der Waals surface area contributed by atoms with Crippen molar-refractivity contribution in [2.45, 2.75) is 45.6 Å². The quantitative estimate of drug-likeness (QED) is 0.880. The number of hydrogen-bond donors (Lipinski definition) is 1. The van der Waals surface area contributed by atoms with Gasteiger partial charge in [-0.3, -0.25) is 14.5 Å². The van der Waals surface area contributed by atoms with Gasteiger partial charge in [0.15, 0.2) is 0 Å². The summed E-state index contributed by atoms with van der Waals surface area (Å²) in [6.45, 7) is 6.71. The van der Waals surface area contributed by atoms with Crippen molar-refractivity contribution in [2.24, 2.45) is 5.92 Å². The topological polar surface area (TPSA) is 52.7 Å². The molecule has 1 saturated carbocycles. The van der Waals surface area contributed by atoms with E-state index in [4.69, 9.17) is 0 Å². The largest absolute Gasteiger partial charge is 0.352 e. The fourth-order valence-electron chi connectivity index (χ4n) is 4.00. The molecule has 2 aliphatic rings. The summed E-state index contributed by atoms with van der Waals surface area (Å²) in [5, 5.41) is 3.18. The Hall–Kier alpha value is -1.95. The molecule has 27 heavy (non-hydrogen) atoms. The van der Waals surface area contributed by atoms with E-state index in [0.717, 1.165) is 6.42 Å². The van der Waals surface area contributed by atoms with Gasteiger partial charge in [0.1, 0.15) is 5.82 Å². The monoisotopic (exact) mass is 375 g/mol. The lowest BCUT2D eigenvalue weighted by molar-refractivity contribution is -0.123. The number of piperazine rings is 1. The third-order valence-corrected chi connectivity index (χ3v) is 5.90. The molecule has 1 saturated heterocycles. The minimum Gasteiger partial charge on any atom is -0.352 e. The van der Waals surface area contributed by atoms with Crippen molar-refractivity contribution in [2.75, 3.05) is 32.7 Å². The number of halogens is 1. The minimum absolute atomic E-state index is 0.0779. The van der Waals surface area contributed by atoms with Crippen LogP contribution in [0.3, 0.4) is 0 Å². The van der Waals surface area contributed by atoms with Crippen LogP contribution in [0.4, 0.5) is 4.39 Å². The van der Waals surface area contributed by atoms with E-state index in [1.807, 2.05) is 0 Å². The lowest BCUT2D eigenvalue weighted by Crippen LogP contribution is -2.52. The molecule has 5 nitrogen and oxygen atoms in total.